The molecular weight excluding hydrogens is 195 g/mol. The molecule has 2 rings (SSSR count). The molecule has 2 heterocycles. The summed E-state index contributed by atoms with van der Waals surface area (Å²) in [6.45, 7) is 1.83. The van der Waals surface area contributed by atoms with Crippen molar-refractivity contribution in [1.29, 1.82) is 0 Å². The Bertz CT molecular complexity index is 407. The first-order valence-corrected chi connectivity index (χ1v) is 5.06. The largest absolute Gasteiger partial charge is 0.375 e. The third kappa shape index (κ3) is 1.84. The molecule has 1 atom stereocenters. The molecular formula is C8H9BN4S. The quantitative estimate of drug-likeness (QED) is 0.709. The lowest BCUT2D eigenvalue weighted by atomic mass is 9.75. The number of nitrogens with zero attached hydrogens (tertiary/aromatic N) is 3. The number of aromatic nitrogens is 1. The van der Waals surface area contributed by atoms with Gasteiger partial charge in [0.1, 0.15) is 7.85 Å². The molecule has 1 aliphatic rings. The minimum atomic E-state index is -0.623. The normalized spacial score (nSPS) is 26.2. The Morgan fingerprint density at radius 2 is 2.43 bits per heavy atom. The van der Waals surface area contributed by atoms with Crippen molar-refractivity contribution in [3.8, 4) is 0 Å². The van der Waals surface area contributed by atoms with Gasteiger partial charge in [0.25, 0.3) is 0 Å². The smallest absolute Gasteiger partial charge is 0.180 e. The third-order valence-corrected chi connectivity index (χ3v) is 2.57. The summed E-state index contributed by atoms with van der Waals surface area (Å²) in [5, 5.41) is 10.2. The molecule has 2 N–H and O–H groups in total. The third-order valence-electron chi connectivity index (χ3n) is 1.90. The van der Waals surface area contributed by atoms with Gasteiger partial charge in [-0.1, -0.05) is 0 Å². The predicted molar refractivity (Wildman–Crippen MR) is 58.1 cm³/mol. The molecule has 0 fully saturated rings. The fourth-order valence-electron chi connectivity index (χ4n) is 1.29. The van der Waals surface area contributed by atoms with E-state index in [1.165, 1.54) is 11.3 Å². The van der Waals surface area contributed by atoms with Crippen molar-refractivity contribution >= 4 is 29.9 Å². The highest BCUT2D eigenvalue weighted by Crippen LogP contribution is 2.30. The predicted octanol–water partition coefficient (Wildman–Crippen LogP) is 1.81. The average Bonchev–Trinajstić information content (AvgIpc) is 2.50. The van der Waals surface area contributed by atoms with Crippen molar-refractivity contribution in [3.05, 3.63) is 17.3 Å². The van der Waals surface area contributed by atoms with Crippen molar-refractivity contribution in [1.82, 2.24) is 4.98 Å². The standard InChI is InChI=1S/C8H9BN4S/c1-8(9)2-5(3-11-13-8)6-4-14-7(10)12-6/h3-4H,2H2,1H3,(H2,10,12). The highest BCUT2D eigenvalue weighted by atomic mass is 32.1. The Morgan fingerprint density at radius 3 is 3.00 bits per heavy atom. The van der Waals surface area contributed by atoms with E-state index in [2.05, 4.69) is 15.2 Å². The van der Waals surface area contributed by atoms with Crippen LogP contribution in [-0.4, -0.2) is 18.3 Å². The number of anilines is 1. The molecule has 0 amide bonds. The topological polar surface area (TPSA) is 63.6 Å². The molecule has 0 bridgehead atoms. The van der Waals surface area contributed by atoms with Crippen LogP contribution in [0.4, 0.5) is 5.13 Å². The van der Waals surface area contributed by atoms with Gasteiger partial charge in [-0.15, -0.1) is 11.3 Å². The first-order valence-electron chi connectivity index (χ1n) is 4.18. The van der Waals surface area contributed by atoms with Gasteiger partial charge in [0.15, 0.2) is 5.13 Å². The van der Waals surface area contributed by atoms with E-state index in [0.717, 1.165) is 11.3 Å². The molecule has 0 aliphatic carbocycles. The van der Waals surface area contributed by atoms with E-state index in [0.29, 0.717) is 11.6 Å². The fourth-order valence-corrected chi connectivity index (χ4v) is 1.88. The van der Waals surface area contributed by atoms with Crippen LogP contribution in [0.15, 0.2) is 21.8 Å². The van der Waals surface area contributed by atoms with Crippen LogP contribution >= 0.6 is 11.3 Å². The van der Waals surface area contributed by atoms with Gasteiger partial charge in [-0.2, -0.15) is 10.2 Å². The maximum atomic E-state index is 5.86. The maximum absolute atomic E-state index is 5.86. The van der Waals surface area contributed by atoms with Gasteiger partial charge in [0, 0.05) is 16.4 Å². The minimum absolute atomic E-state index is 0.558. The second-order valence-electron chi connectivity index (χ2n) is 3.47. The summed E-state index contributed by atoms with van der Waals surface area (Å²) >= 11 is 1.41. The number of nitrogen functional groups attached to an aromatic ring is 1. The molecule has 0 saturated heterocycles. The summed E-state index contributed by atoms with van der Waals surface area (Å²) in [6, 6.07) is 0. The first kappa shape index (κ1) is 9.39. The summed E-state index contributed by atoms with van der Waals surface area (Å²) in [7, 11) is 5.86. The van der Waals surface area contributed by atoms with E-state index in [1.54, 1.807) is 6.20 Å². The van der Waals surface area contributed by atoms with E-state index >= 15 is 0 Å². The van der Waals surface area contributed by atoms with Crippen LogP contribution in [0.3, 0.4) is 0 Å². The summed E-state index contributed by atoms with van der Waals surface area (Å²) < 4.78 is 0. The van der Waals surface area contributed by atoms with Gasteiger partial charge in [-0.05, 0) is 13.3 Å². The van der Waals surface area contributed by atoms with E-state index in [9.17, 15) is 0 Å². The van der Waals surface area contributed by atoms with Gasteiger partial charge in [0.2, 0.25) is 0 Å². The van der Waals surface area contributed by atoms with Gasteiger partial charge in [-0.25, -0.2) is 4.98 Å². The molecule has 14 heavy (non-hydrogen) atoms. The molecule has 1 unspecified atom stereocenters. The van der Waals surface area contributed by atoms with Gasteiger partial charge in [-0.3, -0.25) is 0 Å². The van der Waals surface area contributed by atoms with Crippen molar-refractivity contribution in [2.24, 2.45) is 10.2 Å². The lowest BCUT2D eigenvalue weighted by molar-refractivity contribution is 0.629. The fraction of sp³-hybridized carbons (Fsp3) is 0.375. The highest BCUT2D eigenvalue weighted by molar-refractivity contribution is 7.13. The SMILES string of the molecule is [B]C1(C)CC(c2csc(N)n2)=CN=N1. The summed E-state index contributed by atoms with van der Waals surface area (Å²) in [6.07, 6.45) is 2.32. The number of rotatable bonds is 1. The van der Waals surface area contributed by atoms with Crippen LogP contribution in [0.25, 0.3) is 5.57 Å². The van der Waals surface area contributed by atoms with Crippen molar-refractivity contribution < 1.29 is 0 Å². The van der Waals surface area contributed by atoms with Gasteiger partial charge in [0.05, 0.1) is 11.9 Å². The van der Waals surface area contributed by atoms with Crippen LogP contribution in [0.1, 0.15) is 19.0 Å². The zero-order valence-corrected chi connectivity index (χ0v) is 8.58. The molecule has 70 valence electrons. The summed E-state index contributed by atoms with van der Waals surface area (Å²) in [4.78, 5) is 4.17. The Balaban J connectivity index is 2.29. The van der Waals surface area contributed by atoms with Crippen LogP contribution in [-0.2, 0) is 0 Å². The first-order chi connectivity index (χ1) is 6.57. The summed E-state index contributed by atoms with van der Waals surface area (Å²) in [5.41, 5.74) is 6.76. The lowest BCUT2D eigenvalue weighted by Gasteiger charge is -2.22. The highest BCUT2D eigenvalue weighted by Gasteiger charge is 2.23. The number of hydrogen-bond donors (Lipinski definition) is 1. The Morgan fingerprint density at radius 1 is 1.64 bits per heavy atom. The molecule has 2 radical (unpaired) electrons. The molecule has 6 heteroatoms. The molecule has 0 spiro atoms. The number of thiazole rings is 1. The number of hydrogen-bond acceptors (Lipinski definition) is 5. The van der Waals surface area contributed by atoms with Crippen molar-refractivity contribution in [3.63, 3.8) is 0 Å². The van der Waals surface area contributed by atoms with Gasteiger partial charge >= 0.3 is 0 Å². The molecule has 1 aromatic rings. The molecule has 1 aromatic heterocycles. The van der Waals surface area contributed by atoms with Crippen LogP contribution in [0.5, 0.6) is 0 Å². The molecule has 4 nitrogen and oxygen atoms in total. The van der Waals surface area contributed by atoms with Crippen molar-refractivity contribution in [2.45, 2.75) is 18.8 Å². The zero-order valence-electron chi connectivity index (χ0n) is 7.77. The second kappa shape index (κ2) is 3.20. The molecule has 0 saturated carbocycles. The van der Waals surface area contributed by atoms with E-state index in [-0.39, 0.29) is 0 Å². The van der Waals surface area contributed by atoms with E-state index in [4.69, 9.17) is 13.6 Å². The van der Waals surface area contributed by atoms with Crippen LogP contribution in [0.2, 0.25) is 0 Å². The monoisotopic (exact) mass is 204 g/mol. The minimum Gasteiger partial charge on any atom is -0.375 e. The number of azo groups is 1. The maximum Gasteiger partial charge on any atom is 0.180 e. The number of nitrogens with two attached hydrogens (primary N) is 1. The second-order valence-corrected chi connectivity index (χ2v) is 4.36. The van der Waals surface area contributed by atoms with Crippen LogP contribution in [0, 0.1) is 0 Å². The Kier molecular flexibility index (Phi) is 2.15. The average molecular weight is 204 g/mol. The van der Waals surface area contributed by atoms with Gasteiger partial charge < -0.3 is 5.73 Å². The van der Waals surface area contributed by atoms with Crippen LogP contribution < -0.4 is 5.73 Å². The van der Waals surface area contributed by atoms with E-state index in [1.807, 2.05) is 12.3 Å². The Hall–Kier alpha value is -1.17. The van der Waals surface area contributed by atoms with Crippen molar-refractivity contribution in [2.75, 3.05) is 5.73 Å². The molecule has 1 aliphatic heterocycles. The lowest BCUT2D eigenvalue weighted by Crippen LogP contribution is -2.23. The Labute approximate surface area is 87.4 Å². The molecule has 0 aromatic carbocycles. The zero-order chi connectivity index (χ0) is 10.2. The van der Waals surface area contributed by atoms with E-state index < -0.39 is 5.44 Å². The summed E-state index contributed by atoms with van der Waals surface area (Å²) in [5.74, 6) is 0.